The van der Waals surface area contributed by atoms with E-state index in [4.69, 9.17) is 30.8 Å². The molecule has 2 aromatic carbocycles. The third kappa shape index (κ3) is 5.81. The molecule has 34 heavy (non-hydrogen) atoms. The zero-order chi connectivity index (χ0) is 23.9. The molecule has 1 amide bonds. The summed E-state index contributed by atoms with van der Waals surface area (Å²) in [6.07, 6.45) is 0.824. The summed E-state index contributed by atoms with van der Waals surface area (Å²) in [5.41, 5.74) is 1.25. The molecule has 0 aliphatic carbocycles. The highest BCUT2D eigenvalue weighted by Gasteiger charge is 2.23. The molecule has 182 valence electrons. The van der Waals surface area contributed by atoms with E-state index in [0.717, 1.165) is 49.5 Å². The van der Waals surface area contributed by atoms with Gasteiger partial charge in [0.05, 0.1) is 36.2 Å². The normalized spacial score (nSPS) is 14.3. The number of carbonyl (C=O) groups excluding carboxylic acids is 1. The second-order valence-corrected chi connectivity index (χ2v) is 9.29. The average molecular weight is 504 g/mol. The number of halogens is 1. The molecule has 1 fully saturated rings. The molecule has 0 radical (unpaired) electrons. The van der Waals surface area contributed by atoms with Gasteiger partial charge in [-0.1, -0.05) is 29.0 Å². The van der Waals surface area contributed by atoms with Crippen LogP contribution in [0.1, 0.15) is 30.6 Å². The van der Waals surface area contributed by atoms with Crippen molar-refractivity contribution < 1.29 is 19.0 Å². The Kier molecular flexibility index (Phi) is 8.61. The Labute approximate surface area is 209 Å². The average Bonchev–Trinajstić information content (AvgIpc) is 3.29. The molecule has 1 aromatic heterocycles. The Morgan fingerprint density at radius 1 is 1.15 bits per heavy atom. The molecule has 7 nitrogen and oxygen atoms in total. The molecule has 2 heterocycles. The van der Waals surface area contributed by atoms with Gasteiger partial charge >= 0.3 is 0 Å². The number of fused-ring (bicyclic) bond motifs is 1. The van der Waals surface area contributed by atoms with Gasteiger partial charge in [0.25, 0.3) is 5.91 Å². The number of rotatable bonds is 10. The minimum Gasteiger partial charge on any atom is -0.490 e. The summed E-state index contributed by atoms with van der Waals surface area (Å²) in [5, 5.41) is 1.22. The molecule has 3 aromatic rings. The fourth-order valence-corrected chi connectivity index (χ4v) is 5.21. The zero-order valence-electron chi connectivity index (χ0n) is 19.6. The van der Waals surface area contributed by atoms with E-state index in [1.807, 2.05) is 32.0 Å². The third-order valence-electron chi connectivity index (χ3n) is 5.58. The fourth-order valence-electron chi connectivity index (χ4n) is 3.92. The maximum Gasteiger partial charge on any atom is 0.260 e. The standard InChI is InChI=1S/C25H30ClN3O4S/c1-3-32-20-10-9-18(17-21(20)33-4-2)24(30)29(12-6-11-28-13-15-31-16-14-28)25-27-23-19(26)7-5-8-22(23)34-25/h5,7-10,17H,3-4,6,11-16H2,1-2H3. The number of nitrogens with zero attached hydrogens (tertiary/aromatic N) is 3. The molecule has 1 aliphatic rings. The molecule has 0 saturated carbocycles. The van der Waals surface area contributed by atoms with E-state index < -0.39 is 0 Å². The number of ether oxygens (including phenoxy) is 3. The van der Waals surface area contributed by atoms with E-state index in [-0.39, 0.29) is 5.91 Å². The summed E-state index contributed by atoms with van der Waals surface area (Å²) in [6, 6.07) is 11.0. The molecule has 1 aliphatic heterocycles. The van der Waals surface area contributed by atoms with Crippen LogP contribution in [0.4, 0.5) is 5.13 Å². The molecule has 0 N–H and O–H groups in total. The van der Waals surface area contributed by atoms with E-state index in [0.29, 0.717) is 47.0 Å². The van der Waals surface area contributed by atoms with Gasteiger partial charge in [0.2, 0.25) is 0 Å². The Hall–Kier alpha value is -2.39. The molecule has 1 saturated heterocycles. The Bertz CT molecular complexity index is 1120. The van der Waals surface area contributed by atoms with Crippen LogP contribution in [0.25, 0.3) is 10.2 Å². The number of aromatic nitrogens is 1. The van der Waals surface area contributed by atoms with Gasteiger partial charge in [-0.3, -0.25) is 14.6 Å². The summed E-state index contributed by atoms with van der Waals surface area (Å²) < 4.78 is 17.8. The van der Waals surface area contributed by atoms with Crippen LogP contribution in [-0.2, 0) is 4.74 Å². The van der Waals surface area contributed by atoms with Crippen molar-refractivity contribution in [2.24, 2.45) is 0 Å². The summed E-state index contributed by atoms with van der Waals surface area (Å²) >= 11 is 7.85. The van der Waals surface area contributed by atoms with Gasteiger partial charge in [0.1, 0.15) is 5.52 Å². The lowest BCUT2D eigenvalue weighted by atomic mass is 10.1. The molecule has 9 heteroatoms. The van der Waals surface area contributed by atoms with E-state index >= 15 is 0 Å². The van der Waals surface area contributed by atoms with Crippen molar-refractivity contribution in [3.8, 4) is 11.5 Å². The van der Waals surface area contributed by atoms with Gasteiger partial charge in [-0.15, -0.1) is 0 Å². The van der Waals surface area contributed by atoms with Crippen LogP contribution < -0.4 is 14.4 Å². The monoisotopic (exact) mass is 503 g/mol. The van der Waals surface area contributed by atoms with Crippen molar-refractivity contribution in [1.82, 2.24) is 9.88 Å². The Morgan fingerprint density at radius 3 is 2.65 bits per heavy atom. The quantitative estimate of drug-likeness (QED) is 0.383. The van der Waals surface area contributed by atoms with Crippen LogP contribution in [0.15, 0.2) is 36.4 Å². The maximum absolute atomic E-state index is 13.7. The van der Waals surface area contributed by atoms with Crippen LogP contribution in [-0.4, -0.2) is 68.4 Å². The molecule has 0 spiro atoms. The smallest absolute Gasteiger partial charge is 0.260 e. The number of amides is 1. The molecule has 0 unspecified atom stereocenters. The highest BCUT2D eigenvalue weighted by molar-refractivity contribution is 7.22. The maximum atomic E-state index is 13.7. The van der Waals surface area contributed by atoms with Crippen molar-refractivity contribution in [2.75, 3.05) is 57.5 Å². The Balaban J connectivity index is 1.61. The highest BCUT2D eigenvalue weighted by atomic mass is 35.5. The van der Waals surface area contributed by atoms with Gasteiger partial charge in [-0.05, 0) is 50.6 Å². The molecular weight excluding hydrogens is 474 g/mol. The van der Waals surface area contributed by atoms with Crippen LogP contribution in [0.5, 0.6) is 11.5 Å². The minimum absolute atomic E-state index is 0.124. The molecule has 0 bridgehead atoms. The number of carbonyl (C=O) groups is 1. The van der Waals surface area contributed by atoms with E-state index in [1.165, 1.54) is 11.3 Å². The van der Waals surface area contributed by atoms with Gasteiger partial charge < -0.3 is 14.2 Å². The second-order valence-electron chi connectivity index (χ2n) is 7.87. The first-order valence-corrected chi connectivity index (χ1v) is 12.9. The minimum atomic E-state index is -0.124. The number of hydrogen-bond donors (Lipinski definition) is 0. The van der Waals surface area contributed by atoms with Crippen molar-refractivity contribution in [3.63, 3.8) is 0 Å². The summed E-state index contributed by atoms with van der Waals surface area (Å²) in [5.74, 6) is 1.07. The predicted octanol–water partition coefficient (Wildman–Crippen LogP) is 5.12. The first kappa shape index (κ1) is 24.7. The van der Waals surface area contributed by atoms with Crippen LogP contribution in [0.2, 0.25) is 5.02 Å². The van der Waals surface area contributed by atoms with Crippen molar-refractivity contribution >= 4 is 44.2 Å². The number of hydrogen-bond acceptors (Lipinski definition) is 7. The molecule has 4 rings (SSSR count). The van der Waals surface area contributed by atoms with Crippen molar-refractivity contribution in [3.05, 3.63) is 47.0 Å². The van der Waals surface area contributed by atoms with E-state index in [9.17, 15) is 4.79 Å². The van der Waals surface area contributed by atoms with Crippen LogP contribution in [0.3, 0.4) is 0 Å². The number of anilines is 1. The Morgan fingerprint density at radius 2 is 1.91 bits per heavy atom. The van der Waals surface area contributed by atoms with Crippen LogP contribution >= 0.6 is 22.9 Å². The lowest BCUT2D eigenvalue weighted by Gasteiger charge is -2.27. The second kappa shape index (κ2) is 11.8. The van der Waals surface area contributed by atoms with Gasteiger partial charge in [0.15, 0.2) is 16.6 Å². The third-order valence-corrected chi connectivity index (χ3v) is 6.93. The first-order valence-electron chi connectivity index (χ1n) is 11.7. The number of morpholine rings is 1. The summed E-state index contributed by atoms with van der Waals surface area (Å²) in [7, 11) is 0. The zero-order valence-corrected chi connectivity index (χ0v) is 21.2. The topological polar surface area (TPSA) is 64.1 Å². The molecule has 0 atom stereocenters. The van der Waals surface area contributed by atoms with Crippen LogP contribution in [0, 0.1) is 0 Å². The number of thiazole rings is 1. The summed E-state index contributed by atoms with van der Waals surface area (Å²) in [4.78, 5) is 22.6. The van der Waals surface area contributed by atoms with Crippen molar-refractivity contribution in [1.29, 1.82) is 0 Å². The number of benzene rings is 2. The van der Waals surface area contributed by atoms with Gasteiger partial charge in [-0.25, -0.2) is 4.98 Å². The lowest BCUT2D eigenvalue weighted by Crippen LogP contribution is -2.39. The predicted molar refractivity (Wildman–Crippen MR) is 137 cm³/mol. The lowest BCUT2D eigenvalue weighted by molar-refractivity contribution is 0.0376. The largest absolute Gasteiger partial charge is 0.490 e. The van der Waals surface area contributed by atoms with E-state index in [2.05, 4.69) is 4.90 Å². The van der Waals surface area contributed by atoms with Crippen molar-refractivity contribution in [2.45, 2.75) is 20.3 Å². The van der Waals surface area contributed by atoms with Gasteiger partial charge in [-0.2, -0.15) is 0 Å². The highest BCUT2D eigenvalue weighted by Crippen LogP contribution is 2.35. The van der Waals surface area contributed by atoms with E-state index in [1.54, 1.807) is 23.1 Å². The van der Waals surface area contributed by atoms with Gasteiger partial charge in [0, 0.05) is 31.7 Å². The summed E-state index contributed by atoms with van der Waals surface area (Å²) in [6.45, 7) is 9.62. The SMILES string of the molecule is CCOc1ccc(C(=O)N(CCCN2CCOCC2)c2nc3c(Cl)cccc3s2)cc1OCC. The molecular formula is C25H30ClN3O4S. The fraction of sp³-hybridized carbons (Fsp3) is 0.440. The number of para-hydroxylation sites is 1. The first-order chi connectivity index (χ1) is 16.6.